The summed E-state index contributed by atoms with van der Waals surface area (Å²) in [7, 11) is 3.40. The van der Waals surface area contributed by atoms with Gasteiger partial charge in [0, 0.05) is 7.11 Å². The molecule has 188 valence electrons. The molecule has 1 aliphatic rings. The maximum atomic E-state index is 6.16. The van der Waals surface area contributed by atoms with Crippen molar-refractivity contribution in [2.24, 2.45) is 0 Å². The van der Waals surface area contributed by atoms with Crippen molar-refractivity contribution < 1.29 is 23.7 Å². The van der Waals surface area contributed by atoms with Crippen LogP contribution in [0, 0.1) is 23.7 Å². The molecule has 34 heavy (non-hydrogen) atoms. The highest BCUT2D eigenvalue weighted by Gasteiger charge is 2.44. The molecule has 1 aliphatic heterocycles. The van der Waals surface area contributed by atoms with E-state index in [2.05, 4.69) is 37.5 Å². The van der Waals surface area contributed by atoms with Crippen molar-refractivity contribution >= 4 is 0 Å². The molecule has 1 aromatic carbocycles. The zero-order valence-corrected chi connectivity index (χ0v) is 21.8. The number of ether oxygens (including phenoxy) is 5. The number of rotatable bonds is 13. The van der Waals surface area contributed by atoms with E-state index in [4.69, 9.17) is 23.7 Å². The number of hydrogen-bond donors (Lipinski definition) is 0. The van der Waals surface area contributed by atoms with Crippen LogP contribution < -0.4 is 4.74 Å². The Kier molecular flexibility index (Phi) is 12.5. The van der Waals surface area contributed by atoms with Gasteiger partial charge in [0.15, 0.2) is 11.9 Å². The van der Waals surface area contributed by atoms with Crippen molar-refractivity contribution in [3.05, 3.63) is 29.8 Å². The molecule has 0 bridgehead atoms. The second-order valence-electron chi connectivity index (χ2n) is 9.09. The molecule has 5 heteroatoms. The monoisotopic (exact) mass is 470 g/mol. The van der Waals surface area contributed by atoms with Gasteiger partial charge in [-0.15, -0.1) is 0 Å². The van der Waals surface area contributed by atoms with E-state index in [1.165, 1.54) is 25.7 Å². The first-order chi connectivity index (χ1) is 16.4. The largest absolute Gasteiger partial charge is 0.497 e. The first-order valence-electron chi connectivity index (χ1n) is 12.6. The van der Waals surface area contributed by atoms with E-state index in [0.717, 1.165) is 30.6 Å². The maximum absolute atomic E-state index is 6.16. The number of unbranched alkanes of at least 4 members (excludes halogenated alkanes) is 4. The van der Waals surface area contributed by atoms with Crippen molar-refractivity contribution in [3.63, 3.8) is 0 Å². The fraction of sp³-hybridized carbons (Fsp3) is 0.655. The minimum absolute atomic E-state index is 0.0492. The fourth-order valence-electron chi connectivity index (χ4n) is 3.94. The Morgan fingerprint density at radius 2 is 1.71 bits per heavy atom. The third kappa shape index (κ3) is 9.69. The molecule has 1 aromatic rings. The Hall–Kier alpha value is -2.02. The van der Waals surface area contributed by atoms with Gasteiger partial charge >= 0.3 is 0 Å². The van der Waals surface area contributed by atoms with Crippen molar-refractivity contribution in [1.82, 2.24) is 0 Å². The lowest BCUT2D eigenvalue weighted by molar-refractivity contribution is -0.156. The van der Waals surface area contributed by atoms with Crippen LogP contribution in [0.4, 0.5) is 0 Å². The zero-order valence-electron chi connectivity index (χ0n) is 21.8. The molecule has 0 radical (unpaired) electrons. The average molecular weight is 471 g/mol. The lowest BCUT2D eigenvalue weighted by Crippen LogP contribution is -2.36. The normalized spacial score (nSPS) is 20.5. The van der Waals surface area contributed by atoms with Gasteiger partial charge in [-0.05, 0) is 56.2 Å². The molecule has 1 heterocycles. The Morgan fingerprint density at radius 1 is 0.971 bits per heavy atom. The quantitative estimate of drug-likeness (QED) is 0.266. The SMILES string of the molecule is CCCCCCC[C@H](OC)[C@@H]1OC(C)(C)O[C@@H]1C#CC#C[C@H](CC)OCc1ccc(OC)cc1. The first-order valence-corrected chi connectivity index (χ1v) is 12.6. The molecular formula is C29H42O5. The minimum atomic E-state index is -0.691. The molecule has 5 nitrogen and oxygen atoms in total. The van der Waals surface area contributed by atoms with Crippen LogP contribution in [0.25, 0.3) is 0 Å². The van der Waals surface area contributed by atoms with E-state index < -0.39 is 5.79 Å². The highest BCUT2D eigenvalue weighted by Crippen LogP contribution is 2.32. The van der Waals surface area contributed by atoms with Gasteiger partial charge in [-0.1, -0.05) is 69.9 Å². The lowest BCUT2D eigenvalue weighted by Gasteiger charge is -2.24. The van der Waals surface area contributed by atoms with Gasteiger partial charge in [0.2, 0.25) is 0 Å². The van der Waals surface area contributed by atoms with Crippen LogP contribution in [0.2, 0.25) is 0 Å². The van der Waals surface area contributed by atoms with Crippen LogP contribution in [0.5, 0.6) is 5.75 Å². The highest BCUT2D eigenvalue weighted by atomic mass is 16.8. The summed E-state index contributed by atoms with van der Waals surface area (Å²) < 4.78 is 29.1. The van der Waals surface area contributed by atoms with Gasteiger partial charge < -0.3 is 23.7 Å². The molecule has 0 aliphatic carbocycles. The topological polar surface area (TPSA) is 46.2 Å². The summed E-state index contributed by atoms with van der Waals surface area (Å²) in [5.74, 6) is 12.3. The second kappa shape index (κ2) is 15.1. The van der Waals surface area contributed by atoms with Crippen LogP contribution >= 0.6 is 0 Å². The third-order valence-corrected chi connectivity index (χ3v) is 5.88. The first kappa shape index (κ1) is 28.2. The molecule has 0 unspecified atom stereocenters. The van der Waals surface area contributed by atoms with Crippen molar-refractivity contribution in [2.75, 3.05) is 14.2 Å². The summed E-state index contributed by atoms with van der Waals surface area (Å²) in [6.45, 7) is 8.61. The number of methoxy groups -OCH3 is 2. The zero-order chi connectivity index (χ0) is 24.8. The molecule has 2 rings (SSSR count). The van der Waals surface area contributed by atoms with Gasteiger partial charge in [0.1, 0.15) is 18.0 Å². The molecule has 1 saturated heterocycles. The Bertz CT molecular complexity index is 824. The van der Waals surface area contributed by atoms with Crippen LogP contribution in [0.3, 0.4) is 0 Å². The van der Waals surface area contributed by atoms with E-state index in [1.54, 1.807) is 14.2 Å². The number of hydrogen-bond acceptors (Lipinski definition) is 5. The molecule has 0 aromatic heterocycles. The lowest BCUT2D eigenvalue weighted by atomic mass is 10.0. The van der Waals surface area contributed by atoms with Crippen LogP contribution in [-0.4, -0.2) is 44.4 Å². The summed E-state index contributed by atoms with van der Waals surface area (Å²) in [5, 5.41) is 0. The molecule has 0 saturated carbocycles. The summed E-state index contributed by atoms with van der Waals surface area (Å²) in [5.41, 5.74) is 1.08. The summed E-state index contributed by atoms with van der Waals surface area (Å²) >= 11 is 0. The van der Waals surface area contributed by atoms with E-state index >= 15 is 0 Å². The van der Waals surface area contributed by atoms with E-state index in [9.17, 15) is 0 Å². The average Bonchev–Trinajstić information content (AvgIpc) is 3.15. The van der Waals surface area contributed by atoms with Gasteiger partial charge in [-0.3, -0.25) is 0 Å². The highest BCUT2D eigenvalue weighted by molar-refractivity contribution is 5.30. The molecule has 0 spiro atoms. The number of benzene rings is 1. The Balaban J connectivity index is 1.94. The summed E-state index contributed by atoms with van der Waals surface area (Å²) in [6, 6.07) is 7.84. The van der Waals surface area contributed by atoms with Crippen molar-refractivity contribution in [1.29, 1.82) is 0 Å². The Morgan fingerprint density at radius 3 is 2.35 bits per heavy atom. The summed E-state index contributed by atoms with van der Waals surface area (Å²) in [4.78, 5) is 0. The van der Waals surface area contributed by atoms with Crippen molar-refractivity contribution in [2.45, 2.75) is 109 Å². The Labute approximate surface area is 206 Å². The van der Waals surface area contributed by atoms with E-state index in [-0.39, 0.29) is 24.4 Å². The van der Waals surface area contributed by atoms with Crippen LogP contribution in [-0.2, 0) is 25.6 Å². The fourth-order valence-corrected chi connectivity index (χ4v) is 3.94. The molecule has 0 amide bonds. The molecule has 1 fully saturated rings. The molecular weight excluding hydrogens is 428 g/mol. The van der Waals surface area contributed by atoms with E-state index in [1.807, 2.05) is 38.1 Å². The predicted molar refractivity (Wildman–Crippen MR) is 135 cm³/mol. The second-order valence-corrected chi connectivity index (χ2v) is 9.09. The van der Waals surface area contributed by atoms with E-state index in [0.29, 0.717) is 6.61 Å². The van der Waals surface area contributed by atoms with Gasteiger partial charge in [0.05, 0.1) is 19.8 Å². The van der Waals surface area contributed by atoms with Gasteiger partial charge in [0.25, 0.3) is 0 Å². The maximum Gasteiger partial charge on any atom is 0.165 e. The summed E-state index contributed by atoms with van der Waals surface area (Å²) in [6.07, 6.45) is 7.00. The minimum Gasteiger partial charge on any atom is -0.497 e. The van der Waals surface area contributed by atoms with Gasteiger partial charge in [-0.2, -0.15) is 0 Å². The van der Waals surface area contributed by atoms with Crippen LogP contribution in [0.15, 0.2) is 24.3 Å². The standard InChI is InChI=1S/C29H42O5/c1-7-9-10-11-12-16-26(31-6)28-27(33-29(3,4)34-28)17-14-13-15-24(8-2)32-22-23-18-20-25(30-5)21-19-23/h18-21,24,26-28H,7-12,16,22H2,1-6H3/t24-,26-,27+,28-/m0/s1. The third-order valence-electron chi connectivity index (χ3n) is 5.88. The van der Waals surface area contributed by atoms with Crippen LogP contribution in [0.1, 0.15) is 78.2 Å². The smallest absolute Gasteiger partial charge is 0.165 e. The molecule has 4 atom stereocenters. The molecule has 0 N–H and O–H groups in total. The predicted octanol–water partition coefficient (Wildman–Crippen LogP) is 5.89. The van der Waals surface area contributed by atoms with Gasteiger partial charge in [-0.25, -0.2) is 0 Å². The van der Waals surface area contributed by atoms with Crippen molar-refractivity contribution in [3.8, 4) is 29.4 Å².